The van der Waals surface area contributed by atoms with E-state index < -0.39 is 0 Å². The highest BCUT2D eigenvalue weighted by Crippen LogP contribution is 2.15. The van der Waals surface area contributed by atoms with Crippen LogP contribution in [-0.2, 0) is 0 Å². The van der Waals surface area contributed by atoms with E-state index in [2.05, 4.69) is 10.3 Å². The maximum atomic E-state index is 11.6. The van der Waals surface area contributed by atoms with E-state index >= 15 is 0 Å². The van der Waals surface area contributed by atoms with Crippen LogP contribution >= 0.6 is 0 Å². The molecule has 0 atom stereocenters. The number of amides is 1. The minimum Gasteiger partial charge on any atom is -0.306 e. The van der Waals surface area contributed by atoms with Gasteiger partial charge in [-0.3, -0.25) is 10.2 Å². The molecule has 16 heavy (non-hydrogen) atoms. The summed E-state index contributed by atoms with van der Waals surface area (Å²) in [7, 11) is 0. The zero-order chi connectivity index (χ0) is 11.5. The molecule has 0 bridgehead atoms. The Morgan fingerprint density at radius 3 is 2.75 bits per heavy atom. The Morgan fingerprint density at radius 2 is 2.06 bits per heavy atom. The molecule has 0 saturated heterocycles. The molecular formula is C12H13N3O. The number of hydrogen-bond acceptors (Lipinski definition) is 2. The van der Waals surface area contributed by atoms with Crippen LogP contribution in [-0.4, -0.2) is 17.6 Å². The summed E-state index contributed by atoms with van der Waals surface area (Å²) in [4.78, 5) is 15.7. The number of amidine groups is 2. The van der Waals surface area contributed by atoms with Gasteiger partial charge in [-0.2, -0.15) is 0 Å². The summed E-state index contributed by atoms with van der Waals surface area (Å²) in [6, 6.07) is 7.28. The van der Waals surface area contributed by atoms with Gasteiger partial charge in [0.25, 0.3) is 5.91 Å². The van der Waals surface area contributed by atoms with Crippen molar-refractivity contribution in [3.05, 3.63) is 35.4 Å². The van der Waals surface area contributed by atoms with Crippen LogP contribution < -0.4 is 5.32 Å². The minimum absolute atomic E-state index is 0.140. The van der Waals surface area contributed by atoms with Crippen molar-refractivity contribution in [2.75, 3.05) is 0 Å². The number of nitrogens with zero attached hydrogens (tertiary/aromatic N) is 1. The van der Waals surface area contributed by atoms with Gasteiger partial charge in [-0.25, -0.2) is 4.99 Å². The fourth-order valence-electron chi connectivity index (χ4n) is 1.65. The molecule has 1 aromatic rings. The Morgan fingerprint density at radius 1 is 1.38 bits per heavy atom. The molecule has 2 N–H and O–H groups in total. The molecule has 1 aliphatic heterocycles. The highest BCUT2D eigenvalue weighted by molar-refractivity contribution is 6.25. The van der Waals surface area contributed by atoms with E-state index in [1.807, 2.05) is 25.1 Å². The smallest absolute Gasteiger partial charge is 0.257 e. The van der Waals surface area contributed by atoms with Crippen LogP contribution in [0.5, 0.6) is 0 Å². The van der Waals surface area contributed by atoms with E-state index in [-0.39, 0.29) is 5.91 Å². The minimum atomic E-state index is -0.140. The molecule has 0 radical (unpaired) electrons. The fraction of sp³-hybridized carbons (Fsp3) is 0.250. The second kappa shape index (κ2) is 4.26. The summed E-state index contributed by atoms with van der Waals surface area (Å²) in [5.41, 5.74) is 1.42. The van der Waals surface area contributed by atoms with E-state index in [4.69, 9.17) is 5.41 Å². The second-order valence-corrected chi connectivity index (χ2v) is 3.66. The van der Waals surface area contributed by atoms with Crippen molar-refractivity contribution >= 4 is 17.6 Å². The van der Waals surface area contributed by atoms with Crippen LogP contribution in [0.15, 0.2) is 29.3 Å². The van der Waals surface area contributed by atoms with Gasteiger partial charge in [0.05, 0.1) is 5.56 Å². The van der Waals surface area contributed by atoms with E-state index in [0.29, 0.717) is 23.7 Å². The first kappa shape index (κ1) is 10.5. The first-order valence-corrected chi connectivity index (χ1v) is 5.29. The molecule has 1 aliphatic rings. The predicted molar refractivity (Wildman–Crippen MR) is 63.1 cm³/mol. The first-order valence-electron chi connectivity index (χ1n) is 5.29. The summed E-state index contributed by atoms with van der Waals surface area (Å²) >= 11 is 0. The highest BCUT2D eigenvalue weighted by Gasteiger charge is 2.24. The predicted octanol–water partition coefficient (Wildman–Crippen LogP) is 1.95. The molecule has 2 rings (SSSR count). The molecule has 82 valence electrons. The number of hydrogen-bond donors (Lipinski definition) is 2. The van der Waals surface area contributed by atoms with Crippen LogP contribution in [0.25, 0.3) is 0 Å². The lowest BCUT2D eigenvalue weighted by atomic mass is 10.1. The summed E-state index contributed by atoms with van der Waals surface area (Å²) in [6.45, 7) is 2.00. The maximum Gasteiger partial charge on any atom is 0.257 e. The Balaban J connectivity index is 2.34. The SMILES string of the molecule is CCCC(=N)N=C1NC(=O)c2ccccc21. The average Bonchev–Trinajstić information content (AvgIpc) is 2.57. The molecule has 1 amide bonds. The monoisotopic (exact) mass is 215 g/mol. The molecule has 0 fully saturated rings. The standard InChI is InChI=1S/C12H13N3O/c1-2-5-10(13)14-11-8-6-3-4-7-9(8)12(16)15-11/h3-4,6-7H,2,5H2,1H3,(H2,13,14,15,16). The van der Waals surface area contributed by atoms with Crippen LogP contribution in [0.1, 0.15) is 35.7 Å². The van der Waals surface area contributed by atoms with Gasteiger partial charge >= 0.3 is 0 Å². The Labute approximate surface area is 93.9 Å². The third-order valence-corrected chi connectivity index (χ3v) is 2.39. The number of fused-ring (bicyclic) bond motifs is 1. The van der Waals surface area contributed by atoms with Crippen molar-refractivity contribution in [1.82, 2.24) is 5.32 Å². The van der Waals surface area contributed by atoms with Gasteiger partial charge in [-0.05, 0) is 12.5 Å². The Bertz CT molecular complexity index is 477. The van der Waals surface area contributed by atoms with E-state index in [9.17, 15) is 4.79 Å². The van der Waals surface area contributed by atoms with Crippen molar-refractivity contribution in [2.24, 2.45) is 4.99 Å². The van der Waals surface area contributed by atoms with Crippen molar-refractivity contribution in [2.45, 2.75) is 19.8 Å². The molecular weight excluding hydrogens is 202 g/mol. The molecule has 0 aliphatic carbocycles. The van der Waals surface area contributed by atoms with Crippen molar-refractivity contribution < 1.29 is 4.79 Å². The van der Waals surface area contributed by atoms with Gasteiger partial charge in [0.15, 0.2) is 0 Å². The third kappa shape index (κ3) is 1.86. The summed E-state index contributed by atoms with van der Waals surface area (Å²) in [5.74, 6) is 0.659. The Kier molecular flexibility index (Phi) is 2.81. The number of benzene rings is 1. The van der Waals surface area contributed by atoms with Gasteiger partial charge in [-0.15, -0.1) is 0 Å². The van der Waals surface area contributed by atoms with Crippen LogP contribution in [0.3, 0.4) is 0 Å². The molecule has 0 aromatic heterocycles. The van der Waals surface area contributed by atoms with Gasteiger partial charge in [0.2, 0.25) is 0 Å². The quantitative estimate of drug-likeness (QED) is 0.574. The normalized spacial score (nSPS) is 16.1. The van der Waals surface area contributed by atoms with Gasteiger partial charge in [-0.1, -0.05) is 25.1 Å². The fourth-order valence-corrected chi connectivity index (χ4v) is 1.65. The Hall–Kier alpha value is -1.97. The van der Waals surface area contributed by atoms with E-state index in [1.165, 1.54) is 0 Å². The van der Waals surface area contributed by atoms with Crippen molar-refractivity contribution in [1.29, 1.82) is 5.41 Å². The lowest BCUT2D eigenvalue weighted by Crippen LogP contribution is -2.22. The summed E-state index contributed by atoms with van der Waals surface area (Å²) < 4.78 is 0. The van der Waals surface area contributed by atoms with Gasteiger partial charge in [0.1, 0.15) is 11.7 Å². The summed E-state index contributed by atoms with van der Waals surface area (Å²) in [5, 5.41) is 10.3. The van der Waals surface area contributed by atoms with Crippen LogP contribution in [0, 0.1) is 5.41 Å². The number of carbonyl (C=O) groups excluding carboxylic acids is 1. The maximum absolute atomic E-state index is 11.6. The zero-order valence-corrected chi connectivity index (χ0v) is 9.08. The molecule has 4 heteroatoms. The molecule has 4 nitrogen and oxygen atoms in total. The molecule has 1 heterocycles. The first-order chi connectivity index (χ1) is 7.72. The lowest BCUT2D eigenvalue weighted by Gasteiger charge is -1.99. The lowest BCUT2D eigenvalue weighted by molar-refractivity contribution is 0.0983. The molecule has 0 spiro atoms. The van der Waals surface area contributed by atoms with Crippen LogP contribution in [0.2, 0.25) is 0 Å². The molecule has 0 saturated carbocycles. The van der Waals surface area contributed by atoms with Gasteiger partial charge < -0.3 is 5.32 Å². The van der Waals surface area contributed by atoms with Crippen LogP contribution in [0.4, 0.5) is 0 Å². The van der Waals surface area contributed by atoms with Crippen molar-refractivity contribution in [3.8, 4) is 0 Å². The molecule has 0 unspecified atom stereocenters. The van der Waals surface area contributed by atoms with E-state index in [1.54, 1.807) is 6.07 Å². The number of nitrogens with one attached hydrogen (secondary N) is 2. The van der Waals surface area contributed by atoms with E-state index in [0.717, 1.165) is 12.0 Å². The number of rotatable bonds is 2. The number of carbonyl (C=O) groups is 1. The largest absolute Gasteiger partial charge is 0.306 e. The zero-order valence-electron chi connectivity index (χ0n) is 9.08. The highest BCUT2D eigenvalue weighted by atomic mass is 16.2. The molecule has 1 aromatic carbocycles. The van der Waals surface area contributed by atoms with Gasteiger partial charge in [0, 0.05) is 12.0 Å². The van der Waals surface area contributed by atoms with Crippen molar-refractivity contribution in [3.63, 3.8) is 0 Å². The number of aliphatic imine (C=N–C) groups is 1. The third-order valence-electron chi connectivity index (χ3n) is 2.39. The topological polar surface area (TPSA) is 65.3 Å². The average molecular weight is 215 g/mol. The summed E-state index contributed by atoms with van der Waals surface area (Å²) in [6.07, 6.45) is 1.51. The second-order valence-electron chi connectivity index (χ2n) is 3.66.